The van der Waals surface area contributed by atoms with Crippen LogP contribution in [0.4, 0.5) is 0 Å². The van der Waals surface area contributed by atoms with Crippen LogP contribution in [0.5, 0.6) is 0 Å². The maximum Gasteiger partial charge on any atom is 0.118 e. The van der Waals surface area contributed by atoms with Crippen molar-refractivity contribution in [3.8, 4) is 0 Å². The highest BCUT2D eigenvalue weighted by atomic mass is 16.5. The van der Waals surface area contributed by atoms with E-state index in [0.717, 1.165) is 59.0 Å². The second kappa shape index (κ2) is 9.50. The Bertz CT molecular complexity index is 282. The average molecular weight is 282 g/mol. The van der Waals surface area contributed by atoms with Crippen LogP contribution in [0.2, 0.25) is 0 Å². The molecule has 114 valence electrons. The van der Waals surface area contributed by atoms with Crippen LogP contribution in [-0.2, 0) is 9.47 Å². The summed E-state index contributed by atoms with van der Waals surface area (Å²) in [6, 6.07) is 0. The van der Waals surface area contributed by atoms with Gasteiger partial charge >= 0.3 is 0 Å². The molecule has 0 saturated carbocycles. The van der Waals surface area contributed by atoms with E-state index in [1.54, 1.807) is 0 Å². The van der Waals surface area contributed by atoms with E-state index in [4.69, 9.17) is 9.47 Å². The molecule has 0 unspecified atom stereocenters. The smallest absolute Gasteiger partial charge is 0.118 e. The van der Waals surface area contributed by atoms with Gasteiger partial charge in [0.05, 0.1) is 19.8 Å². The van der Waals surface area contributed by atoms with Gasteiger partial charge in [-0.3, -0.25) is 0 Å². The van der Waals surface area contributed by atoms with Gasteiger partial charge in [0.15, 0.2) is 0 Å². The molecule has 2 aliphatic rings. The lowest BCUT2D eigenvalue weighted by Crippen LogP contribution is -2.27. The lowest BCUT2D eigenvalue weighted by atomic mass is 10.4. The molecule has 0 atom stereocenters. The molecular formula is C14H26N4O2. The summed E-state index contributed by atoms with van der Waals surface area (Å²) in [4.78, 5) is 4.37. The van der Waals surface area contributed by atoms with Crippen LogP contribution < -0.4 is 10.6 Å². The number of fused-ring (bicyclic) bond motifs is 5. The molecule has 0 aromatic heterocycles. The molecule has 1 saturated heterocycles. The van der Waals surface area contributed by atoms with Crippen molar-refractivity contribution in [2.75, 3.05) is 59.3 Å². The quantitative estimate of drug-likeness (QED) is 0.658. The van der Waals surface area contributed by atoms with Crippen molar-refractivity contribution in [1.29, 1.82) is 0 Å². The zero-order valence-electron chi connectivity index (χ0n) is 12.1. The minimum absolute atomic E-state index is 0.608. The van der Waals surface area contributed by atoms with Crippen LogP contribution in [0.3, 0.4) is 0 Å². The van der Waals surface area contributed by atoms with Crippen molar-refractivity contribution in [1.82, 2.24) is 20.4 Å². The summed E-state index contributed by atoms with van der Waals surface area (Å²) in [7, 11) is 0. The minimum atomic E-state index is 0.608. The van der Waals surface area contributed by atoms with E-state index >= 15 is 0 Å². The van der Waals surface area contributed by atoms with Crippen LogP contribution in [0.15, 0.2) is 24.8 Å². The Balaban J connectivity index is 1.97. The van der Waals surface area contributed by atoms with Crippen LogP contribution in [0.1, 0.15) is 6.42 Å². The molecule has 0 aromatic rings. The predicted molar refractivity (Wildman–Crippen MR) is 78.8 cm³/mol. The first-order valence-electron chi connectivity index (χ1n) is 7.39. The van der Waals surface area contributed by atoms with E-state index < -0.39 is 0 Å². The average Bonchev–Trinajstić information content (AvgIpc) is 2.51. The Morgan fingerprint density at radius 2 is 1.35 bits per heavy atom. The van der Waals surface area contributed by atoms with Gasteiger partial charge in [0.25, 0.3) is 0 Å². The van der Waals surface area contributed by atoms with Gasteiger partial charge in [-0.05, 0) is 6.42 Å². The molecule has 0 amide bonds. The van der Waals surface area contributed by atoms with Crippen molar-refractivity contribution < 1.29 is 9.47 Å². The van der Waals surface area contributed by atoms with E-state index in [1.807, 2.05) is 18.6 Å². The number of nitrogens with one attached hydrogen (secondary N) is 2. The molecule has 0 aromatic carbocycles. The van der Waals surface area contributed by atoms with Gasteiger partial charge in [-0.2, -0.15) is 0 Å². The SMILES string of the molecule is C1=CN2CCOCCN(/C=C\NCCCN1)COCC2. The normalized spacial score (nSPS) is 24.4. The fraction of sp³-hybridized carbons (Fsp3) is 0.714. The van der Waals surface area contributed by atoms with Crippen molar-refractivity contribution in [2.24, 2.45) is 0 Å². The molecule has 2 rings (SSSR count). The highest BCUT2D eigenvalue weighted by Crippen LogP contribution is 1.97. The van der Waals surface area contributed by atoms with Gasteiger partial charge in [0.2, 0.25) is 0 Å². The molecule has 2 aliphatic heterocycles. The molecule has 20 heavy (non-hydrogen) atoms. The molecule has 0 aliphatic carbocycles. The third-order valence-electron chi connectivity index (χ3n) is 3.27. The molecule has 2 heterocycles. The van der Waals surface area contributed by atoms with Crippen LogP contribution in [-0.4, -0.2) is 69.1 Å². The monoisotopic (exact) mass is 282 g/mol. The first kappa shape index (κ1) is 15.0. The van der Waals surface area contributed by atoms with Gasteiger partial charge in [0.1, 0.15) is 6.73 Å². The summed E-state index contributed by atoms with van der Waals surface area (Å²) in [5.41, 5.74) is 0. The van der Waals surface area contributed by atoms with Crippen LogP contribution in [0, 0.1) is 0 Å². The Hall–Kier alpha value is -1.40. The van der Waals surface area contributed by atoms with Crippen molar-refractivity contribution in [3.63, 3.8) is 0 Å². The van der Waals surface area contributed by atoms with Crippen molar-refractivity contribution >= 4 is 0 Å². The molecular weight excluding hydrogens is 256 g/mol. The number of ether oxygens (including phenoxy) is 2. The molecule has 6 heteroatoms. The highest BCUT2D eigenvalue weighted by molar-refractivity contribution is 4.83. The summed E-state index contributed by atoms with van der Waals surface area (Å²) in [5.74, 6) is 0. The van der Waals surface area contributed by atoms with Gasteiger partial charge in [-0.15, -0.1) is 0 Å². The zero-order chi connectivity index (χ0) is 13.9. The minimum Gasteiger partial charge on any atom is -0.390 e. The molecule has 1 fully saturated rings. The van der Waals surface area contributed by atoms with E-state index in [9.17, 15) is 0 Å². The lowest BCUT2D eigenvalue weighted by Gasteiger charge is -2.20. The van der Waals surface area contributed by atoms with E-state index in [1.165, 1.54) is 0 Å². The first-order chi connectivity index (χ1) is 9.95. The maximum absolute atomic E-state index is 5.73. The highest BCUT2D eigenvalue weighted by Gasteiger charge is 2.05. The Labute approximate surface area is 121 Å². The fourth-order valence-corrected chi connectivity index (χ4v) is 2.05. The molecule has 2 bridgehead atoms. The summed E-state index contributed by atoms with van der Waals surface area (Å²) in [6.07, 6.45) is 9.23. The van der Waals surface area contributed by atoms with Crippen LogP contribution >= 0.6 is 0 Å². The Morgan fingerprint density at radius 3 is 2.10 bits per heavy atom. The first-order valence-corrected chi connectivity index (χ1v) is 7.39. The van der Waals surface area contributed by atoms with Gasteiger partial charge < -0.3 is 29.9 Å². The lowest BCUT2D eigenvalue weighted by molar-refractivity contribution is 0.0412. The molecule has 2 N–H and O–H groups in total. The number of hydrogen-bond donors (Lipinski definition) is 2. The maximum atomic E-state index is 5.73. The summed E-state index contributed by atoms with van der Waals surface area (Å²) in [6.45, 7) is 7.39. The summed E-state index contributed by atoms with van der Waals surface area (Å²) < 4.78 is 11.4. The third kappa shape index (κ3) is 6.16. The molecule has 0 spiro atoms. The molecule has 0 radical (unpaired) electrons. The Kier molecular flexibility index (Phi) is 7.12. The van der Waals surface area contributed by atoms with Crippen molar-refractivity contribution in [2.45, 2.75) is 6.42 Å². The third-order valence-corrected chi connectivity index (χ3v) is 3.27. The van der Waals surface area contributed by atoms with Gasteiger partial charge in [0, 0.05) is 57.5 Å². The largest absolute Gasteiger partial charge is 0.390 e. The number of nitrogens with zero attached hydrogens (tertiary/aromatic N) is 2. The number of hydrogen-bond acceptors (Lipinski definition) is 6. The van der Waals surface area contributed by atoms with Gasteiger partial charge in [-0.25, -0.2) is 0 Å². The topological polar surface area (TPSA) is 49.0 Å². The molecule has 6 nitrogen and oxygen atoms in total. The van der Waals surface area contributed by atoms with Crippen LogP contribution in [0.25, 0.3) is 0 Å². The van der Waals surface area contributed by atoms with Crippen molar-refractivity contribution in [3.05, 3.63) is 24.8 Å². The number of rotatable bonds is 0. The van der Waals surface area contributed by atoms with E-state index in [-0.39, 0.29) is 0 Å². The summed E-state index contributed by atoms with van der Waals surface area (Å²) in [5, 5.41) is 6.60. The second-order valence-electron chi connectivity index (χ2n) is 4.89. The predicted octanol–water partition coefficient (Wildman–Crippen LogP) is 0.120. The zero-order valence-corrected chi connectivity index (χ0v) is 12.1. The van der Waals surface area contributed by atoms with E-state index in [2.05, 4.69) is 26.6 Å². The summed E-state index contributed by atoms with van der Waals surface area (Å²) >= 11 is 0. The second-order valence-corrected chi connectivity index (χ2v) is 4.89. The fourth-order valence-electron chi connectivity index (χ4n) is 2.05. The van der Waals surface area contributed by atoms with Gasteiger partial charge in [-0.1, -0.05) is 0 Å². The van der Waals surface area contributed by atoms with E-state index in [0.29, 0.717) is 6.73 Å². The Morgan fingerprint density at radius 1 is 0.750 bits per heavy atom. The standard InChI is InChI=1S/C14H26N4O2/c1-2-15-4-6-17-8-11-19-12-10-18(7-5-16-3-1)14-20-13-9-17/h4-7,15-16H,1-3,8-14H2/b6-4?,7-5-.